The Labute approximate surface area is 110 Å². The Kier molecular flexibility index (Phi) is 5.33. The van der Waals surface area contributed by atoms with E-state index >= 15 is 0 Å². The van der Waals surface area contributed by atoms with Crippen molar-refractivity contribution in [1.82, 2.24) is 4.98 Å². The van der Waals surface area contributed by atoms with Gasteiger partial charge in [-0.1, -0.05) is 6.07 Å². The Morgan fingerprint density at radius 3 is 2.63 bits per heavy atom. The maximum atomic E-state index is 13.4. The predicted octanol–water partition coefficient (Wildman–Crippen LogP) is 2.15. The van der Waals surface area contributed by atoms with Crippen LogP contribution < -0.4 is 5.73 Å². The molecule has 0 fully saturated rings. The number of hydrogen-bond donors (Lipinski definition) is 1. The van der Waals surface area contributed by atoms with E-state index in [2.05, 4.69) is 10.7 Å². The normalized spacial score (nSPS) is 8.95. The first-order valence-corrected chi connectivity index (χ1v) is 5.43. The molecule has 1 aromatic carbocycles. The van der Waals surface area contributed by atoms with E-state index in [4.69, 9.17) is 5.26 Å². The van der Waals surface area contributed by atoms with Crippen molar-refractivity contribution in [2.24, 2.45) is 5.73 Å². The van der Waals surface area contributed by atoms with Crippen LogP contribution >= 0.6 is 0 Å². The summed E-state index contributed by atoms with van der Waals surface area (Å²) in [6.45, 7) is 0. The molecule has 0 unspecified atom stereocenters. The summed E-state index contributed by atoms with van der Waals surface area (Å²) in [5.74, 6) is -0.594. The fraction of sp³-hybridized carbons (Fsp3) is 0.0714. The van der Waals surface area contributed by atoms with Gasteiger partial charge in [-0.05, 0) is 31.3 Å². The van der Waals surface area contributed by atoms with Gasteiger partial charge >= 0.3 is 0 Å². The second kappa shape index (κ2) is 6.99. The van der Waals surface area contributed by atoms with Gasteiger partial charge in [0, 0.05) is 17.3 Å². The second-order valence-electron chi connectivity index (χ2n) is 3.40. The Hall–Kier alpha value is -2.58. The SMILES string of the molecule is CN.N#Cc1ccc(-c2cc(C=O)ccn2)cc1F. The van der Waals surface area contributed by atoms with Crippen molar-refractivity contribution in [3.8, 4) is 17.3 Å². The number of aldehydes is 1. The van der Waals surface area contributed by atoms with Crippen LogP contribution in [0.5, 0.6) is 0 Å². The molecule has 0 spiro atoms. The van der Waals surface area contributed by atoms with Gasteiger partial charge in [0.1, 0.15) is 18.2 Å². The van der Waals surface area contributed by atoms with E-state index in [-0.39, 0.29) is 5.56 Å². The van der Waals surface area contributed by atoms with Gasteiger partial charge in [0.25, 0.3) is 0 Å². The molecule has 2 rings (SSSR count). The first-order valence-electron chi connectivity index (χ1n) is 5.43. The molecule has 0 saturated carbocycles. The highest BCUT2D eigenvalue weighted by atomic mass is 19.1. The van der Waals surface area contributed by atoms with E-state index in [1.165, 1.54) is 25.4 Å². The molecule has 0 radical (unpaired) electrons. The Morgan fingerprint density at radius 1 is 1.32 bits per heavy atom. The molecule has 19 heavy (non-hydrogen) atoms. The van der Waals surface area contributed by atoms with Crippen LogP contribution in [0.25, 0.3) is 11.3 Å². The molecule has 2 N–H and O–H groups in total. The number of nitriles is 1. The molecule has 2 aromatic rings. The van der Waals surface area contributed by atoms with Crippen molar-refractivity contribution in [2.75, 3.05) is 7.05 Å². The summed E-state index contributed by atoms with van der Waals surface area (Å²) in [6, 6.07) is 9.09. The van der Waals surface area contributed by atoms with Gasteiger partial charge in [0.2, 0.25) is 0 Å². The fourth-order valence-electron chi connectivity index (χ4n) is 1.44. The predicted molar refractivity (Wildman–Crippen MR) is 69.8 cm³/mol. The first kappa shape index (κ1) is 14.5. The number of pyridine rings is 1. The summed E-state index contributed by atoms with van der Waals surface area (Å²) in [5, 5.41) is 8.61. The molecule has 0 aliphatic rings. The van der Waals surface area contributed by atoms with Gasteiger partial charge in [0.05, 0.1) is 11.3 Å². The molecule has 0 saturated heterocycles. The summed E-state index contributed by atoms with van der Waals surface area (Å²) in [4.78, 5) is 14.7. The average Bonchev–Trinajstić information content (AvgIpc) is 2.49. The number of aromatic nitrogens is 1. The van der Waals surface area contributed by atoms with Crippen LogP contribution in [0.1, 0.15) is 15.9 Å². The van der Waals surface area contributed by atoms with E-state index in [0.717, 1.165) is 0 Å². The molecular weight excluding hydrogens is 245 g/mol. The number of nitrogens with zero attached hydrogens (tertiary/aromatic N) is 2. The monoisotopic (exact) mass is 257 g/mol. The van der Waals surface area contributed by atoms with Gasteiger partial charge in [-0.15, -0.1) is 0 Å². The number of benzene rings is 1. The highest BCUT2D eigenvalue weighted by molar-refractivity contribution is 5.77. The topological polar surface area (TPSA) is 79.8 Å². The minimum absolute atomic E-state index is 0.0136. The van der Waals surface area contributed by atoms with Gasteiger partial charge in [-0.2, -0.15) is 5.26 Å². The van der Waals surface area contributed by atoms with Gasteiger partial charge < -0.3 is 5.73 Å². The van der Waals surface area contributed by atoms with Crippen LogP contribution in [-0.4, -0.2) is 18.3 Å². The summed E-state index contributed by atoms with van der Waals surface area (Å²) < 4.78 is 13.4. The largest absolute Gasteiger partial charge is 0.333 e. The van der Waals surface area contributed by atoms with Gasteiger partial charge in [-0.3, -0.25) is 9.78 Å². The Morgan fingerprint density at radius 2 is 2.05 bits per heavy atom. The van der Waals surface area contributed by atoms with E-state index in [1.54, 1.807) is 24.3 Å². The average molecular weight is 257 g/mol. The summed E-state index contributed by atoms with van der Waals surface area (Å²) in [6.07, 6.45) is 2.18. The molecule has 0 atom stereocenters. The van der Waals surface area contributed by atoms with Gasteiger partial charge in [-0.25, -0.2) is 4.39 Å². The molecular formula is C14H12FN3O. The van der Waals surface area contributed by atoms with Crippen LogP contribution in [0.3, 0.4) is 0 Å². The molecule has 5 heteroatoms. The molecule has 96 valence electrons. The number of carbonyl (C=O) groups is 1. The number of nitrogens with two attached hydrogens (primary N) is 1. The van der Waals surface area contributed by atoms with Crippen molar-refractivity contribution in [1.29, 1.82) is 5.26 Å². The maximum absolute atomic E-state index is 13.4. The lowest BCUT2D eigenvalue weighted by Crippen LogP contribution is -1.89. The number of halogens is 1. The van der Waals surface area contributed by atoms with E-state index < -0.39 is 5.82 Å². The van der Waals surface area contributed by atoms with Crippen molar-refractivity contribution < 1.29 is 9.18 Å². The zero-order valence-corrected chi connectivity index (χ0v) is 10.3. The van der Waals surface area contributed by atoms with Crippen LogP contribution in [0.2, 0.25) is 0 Å². The van der Waals surface area contributed by atoms with Crippen LogP contribution in [-0.2, 0) is 0 Å². The highest BCUT2D eigenvalue weighted by Gasteiger charge is 2.05. The summed E-state index contributed by atoms with van der Waals surface area (Å²) >= 11 is 0. The third-order valence-corrected chi connectivity index (χ3v) is 2.31. The lowest BCUT2D eigenvalue weighted by atomic mass is 10.1. The lowest BCUT2D eigenvalue weighted by Gasteiger charge is -2.02. The van der Waals surface area contributed by atoms with Crippen molar-refractivity contribution >= 4 is 6.29 Å². The fourth-order valence-corrected chi connectivity index (χ4v) is 1.44. The smallest absolute Gasteiger partial charge is 0.150 e. The molecule has 0 aliphatic heterocycles. The molecule has 0 aliphatic carbocycles. The van der Waals surface area contributed by atoms with Crippen molar-refractivity contribution in [3.63, 3.8) is 0 Å². The maximum Gasteiger partial charge on any atom is 0.150 e. The quantitative estimate of drug-likeness (QED) is 0.836. The molecule has 0 bridgehead atoms. The number of carbonyl (C=O) groups excluding carboxylic acids is 1. The zero-order chi connectivity index (χ0) is 14.3. The Balaban J connectivity index is 0.000000861. The van der Waals surface area contributed by atoms with Crippen LogP contribution in [0.4, 0.5) is 4.39 Å². The Bertz CT molecular complexity index is 620. The second-order valence-corrected chi connectivity index (χ2v) is 3.40. The summed E-state index contributed by atoms with van der Waals surface area (Å²) in [7, 11) is 1.50. The van der Waals surface area contributed by atoms with E-state index in [9.17, 15) is 9.18 Å². The summed E-state index contributed by atoms with van der Waals surface area (Å²) in [5.41, 5.74) is 5.99. The highest BCUT2D eigenvalue weighted by Crippen LogP contribution is 2.20. The van der Waals surface area contributed by atoms with Crippen molar-refractivity contribution in [3.05, 3.63) is 53.5 Å². The third kappa shape index (κ3) is 3.44. The number of rotatable bonds is 2. The molecule has 0 amide bonds. The zero-order valence-electron chi connectivity index (χ0n) is 10.3. The standard InChI is InChI=1S/C13H7FN2O.CH5N/c14-12-6-10(1-2-11(12)7-15)13-5-9(8-17)3-4-16-13;1-2/h1-6,8H;2H2,1H3. The minimum Gasteiger partial charge on any atom is -0.333 e. The van der Waals surface area contributed by atoms with Gasteiger partial charge in [0.15, 0.2) is 0 Å². The lowest BCUT2D eigenvalue weighted by molar-refractivity contribution is 0.112. The van der Waals surface area contributed by atoms with Crippen molar-refractivity contribution in [2.45, 2.75) is 0 Å². The number of hydrogen-bond acceptors (Lipinski definition) is 4. The third-order valence-electron chi connectivity index (χ3n) is 2.31. The first-order chi connectivity index (χ1) is 9.24. The molecule has 4 nitrogen and oxygen atoms in total. The van der Waals surface area contributed by atoms with Crippen LogP contribution in [0, 0.1) is 17.1 Å². The van der Waals surface area contributed by atoms with E-state index in [0.29, 0.717) is 23.1 Å². The van der Waals surface area contributed by atoms with E-state index in [1.807, 2.05) is 0 Å². The van der Waals surface area contributed by atoms with Crippen LogP contribution in [0.15, 0.2) is 36.5 Å². The molecule has 1 heterocycles. The minimum atomic E-state index is -0.594. The molecule has 1 aromatic heterocycles.